The van der Waals surface area contributed by atoms with Crippen LogP contribution in [-0.4, -0.2) is 49.5 Å². The van der Waals surface area contributed by atoms with Gasteiger partial charge in [-0.1, -0.05) is 0 Å². The van der Waals surface area contributed by atoms with Gasteiger partial charge in [-0.3, -0.25) is 0 Å². The number of nitrogens with two attached hydrogens (primary N) is 2. The third-order valence-electron chi connectivity index (χ3n) is 1.93. The van der Waals surface area contributed by atoms with Gasteiger partial charge in [0.15, 0.2) is 0 Å². The van der Waals surface area contributed by atoms with E-state index in [1.165, 1.54) is 0 Å². The van der Waals surface area contributed by atoms with Gasteiger partial charge in [-0.2, -0.15) is 0 Å². The summed E-state index contributed by atoms with van der Waals surface area (Å²) < 4.78 is 21.2. The van der Waals surface area contributed by atoms with Crippen LogP contribution < -0.4 is 11.5 Å². The van der Waals surface area contributed by atoms with Crippen LogP contribution in [0.3, 0.4) is 0 Å². The van der Waals surface area contributed by atoms with Crippen LogP contribution in [0.15, 0.2) is 0 Å². The Kier molecular flexibility index (Phi) is 9.21. The average Bonchev–Trinajstić information content (AvgIpc) is 2.29. The molecule has 0 rings (SSSR count). The van der Waals surface area contributed by atoms with E-state index in [0.29, 0.717) is 25.7 Å². The predicted octanol–water partition coefficient (Wildman–Crippen LogP) is -0.484. The van der Waals surface area contributed by atoms with Crippen molar-refractivity contribution in [3.8, 4) is 0 Å². The third kappa shape index (κ3) is 6.20. The zero-order chi connectivity index (χ0) is 11.6. The topological polar surface area (TPSA) is 89.0 Å². The Morgan fingerprint density at radius 3 is 2.20 bits per heavy atom. The molecular formula is C8H22N2O4Si. The molecule has 0 atom stereocenters. The first-order chi connectivity index (χ1) is 7.24. The van der Waals surface area contributed by atoms with Crippen LogP contribution >= 0.6 is 0 Å². The largest absolute Gasteiger partial charge is 0.502 e. The van der Waals surface area contributed by atoms with Crippen molar-refractivity contribution in [2.24, 2.45) is 11.5 Å². The second-order valence-electron chi connectivity index (χ2n) is 2.94. The van der Waals surface area contributed by atoms with Gasteiger partial charge in [-0.25, -0.2) is 0 Å². The van der Waals surface area contributed by atoms with Crippen molar-refractivity contribution < 1.29 is 18.0 Å². The van der Waals surface area contributed by atoms with Gasteiger partial charge in [0.1, 0.15) is 6.79 Å². The number of rotatable bonds is 10. The molecule has 0 aromatic carbocycles. The summed E-state index contributed by atoms with van der Waals surface area (Å²) >= 11 is 0. The minimum atomic E-state index is -2.56. The summed E-state index contributed by atoms with van der Waals surface area (Å²) in [5.41, 5.74) is 10.7. The van der Waals surface area contributed by atoms with Gasteiger partial charge in [-0.05, 0) is 13.0 Å². The Labute approximate surface area is 92.2 Å². The molecule has 0 fully saturated rings. The molecule has 6 nitrogen and oxygen atoms in total. The van der Waals surface area contributed by atoms with Crippen molar-refractivity contribution in [2.45, 2.75) is 12.5 Å². The molecule has 0 unspecified atom stereocenters. The molecule has 92 valence electrons. The Hall–Kier alpha value is -0.0231. The number of hydrogen-bond donors (Lipinski definition) is 2. The normalized spacial score (nSPS) is 12.0. The van der Waals surface area contributed by atoms with E-state index in [2.05, 4.69) is 0 Å². The lowest BCUT2D eigenvalue weighted by molar-refractivity contribution is -0.0303. The third-order valence-corrected chi connectivity index (χ3v) is 4.70. The second kappa shape index (κ2) is 9.22. The van der Waals surface area contributed by atoms with E-state index in [1.807, 2.05) is 0 Å². The summed E-state index contributed by atoms with van der Waals surface area (Å²) in [6, 6.07) is 0.697. The van der Waals surface area contributed by atoms with Gasteiger partial charge >= 0.3 is 8.80 Å². The SMILES string of the molecule is CO[Si](CCCN)(OC)OCOCCN. The van der Waals surface area contributed by atoms with E-state index in [4.69, 9.17) is 29.5 Å². The number of ether oxygens (including phenoxy) is 1. The van der Waals surface area contributed by atoms with E-state index in [9.17, 15) is 0 Å². The van der Waals surface area contributed by atoms with Crippen molar-refractivity contribution in [3.05, 3.63) is 0 Å². The fourth-order valence-electron chi connectivity index (χ4n) is 1.07. The van der Waals surface area contributed by atoms with Gasteiger partial charge in [0.05, 0.1) is 6.61 Å². The predicted molar refractivity (Wildman–Crippen MR) is 59.2 cm³/mol. The molecule has 0 aromatic heterocycles. The summed E-state index contributed by atoms with van der Waals surface area (Å²) in [7, 11) is 0.597. The molecule has 7 heteroatoms. The van der Waals surface area contributed by atoms with Crippen LogP contribution in [0, 0.1) is 0 Å². The van der Waals surface area contributed by atoms with E-state index in [0.717, 1.165) is 6.42 Å². The maximum absolute atomic E-state index is 5.49. The quantitative estimate of drug-likeness (QED) is 0.303. The van der Waals surface area contributed by atoms with E-state index >= 15 is 0 Å². The molecule has 0 aliphatic heterocycles. The zero-order valence-electron chi connectivity index (χ0n) is 9.53. The summed E-state index contributed by atoms with van der Waals surface area (Å²) in [6.45, 7) is 1.68. The Morgan fingerprint density at radius 2 is 1.73 bits per heavy atom. The Bertz CT molecular complexity index is 147. The van der Waals surface area contributed by atoms with Crippen LogP contribution in [0.4, 0.5) is 0 Å². The highest BCUT2D eigenvalue weighted by molar-refractivity contribution is 6.60. The van der Waals surface area contributed by atoms with Crippen LogP contribution in [0.5, 0.6) is 0 Å². The van der Waals surface area contributed by atoms with Gasteiger partial charge in [0.25, 0.3) is 0 Å². The van der Waals surface area contributed by atoms with Crippen molar-refractivity contribution >= 4 is 8.80 Å². The lowest BCUT2D eigenvalue weighted by atomic mass is 10.5. The van der Waals surface area contributed by atoms with Gasteiger partial charge in [0, 0.05) is 26.8 Å². The molecule has 0 saturated carbocycles. The minimum Gasteiger partial charge on any atom is -0.377 e. The first-order valence-corrected chi connectivity index (χ1v) is 6.90. The monoisotopic (exact) mass is 238 g/mol. The summed E-state index contributed by atoms with van der Waals surface area (Å²) in [6.07, 6.45) is 0.810. The molecule has 0 heterocycles. The van der Waals surface area contributed by atoms with Crippen LogP contribution in [0.2, 0.25) is 6.04 Å². The maximum atomic E-state index is 5.49. The molecule has 0 saturated heterocycles. The molecule has 0 radical (unpaired) electrons. The standard InChI is InChI=1S/C8H22N2O4Si/c1-11-15(12-2,7-3-4-9)14-8-13-6-5-10/h3-10H2,1-2H3. The van der Waals surface area contributed by atoms with Crippen molar-refractivity contribution in [1.29, 1.82) is 0 Å². The highest BCUT2D eigenvalue weighted by atomic mass is 28.4. The molecule has 0 amide bonds. The van der Waals surface area contributed by atoms with Crippen LogP contribution in [-0.2, 0) is 18.0 Å². The smallest absolute Gasteiger partial charge is 0.377 e. The molecule has 15 heavy (non-hydrogen) atoms. The molecule has 0 aliphatic carbocycles. The van der Waals surface area contributed by atoms with E-state index < -0.39 is 8.80 Å². The lowest BCUT2D eigenvalue weighted by Gasteiger charge is -2.25. The first-order valence-electron chi connectivity index (χ1n) is 4.96. The van der Waals surface area contributed by atoms with E-state index in [1.54, 1.807) is 14.2 Å². The maximum Gasteiger partial charge on any atom is 0.502 e. The number of hydrogen-bond acceptors (Lipinski definition) is 6. The molecule has 0 aromatic rings. The van der Waals surface area contributed by atoms with Crippen LogP contribution in [0.25, 0.3) is 0 Å². The summed E-state index contributed by atoms with van der Waals surface area (Å²) in [4.78, 5) is 0. The fraction of sp³-hybridized carbons (Fsp3) is 1.00. The first kappa shape index (κ1) is 15.0. The second-order valence-corrected chi connectivity index (χ2v) is 5.91. The van der Waals surface area contributed by atoms with Crippen molar-refractivity contribution in [2.75, 3.05) is 40.7 Å². The highest BCUT2D eigenvalue weighted by Gasteiger charge is 2.38. The molecule has 0 aliphatic rings. The Morgan fingerprint density at radius 1 is 1.07 bits per heavy atom. The molecule has 0 bridgehead atoms. The summed E-state index contributed by atoms with van der Waals surface area (Å²) in [5.74, 6) is 0. The minimum absolute atomic E-state index is 0.148. The zero-order valence-corrected chi connectivity index (χ0v) is 10.5. The van der Waals surface area contributed by atoms with Gasteiger partial charge in [-0.15, -0.1) is 0 Å². The van der Waals surface area contributed by atoms with Gasteiger partial charge in [0.2, 0.25) is 0 Å². The average molecular weight is 238 g/mol. The van der Waals surface area contributed by atoms with Gasteiger partial charge < -0.3 is 29.5 Å². The van der Waals surface area contributed by atoms with Crippen molar-refractivity contribution in [1.82, 2.24) is 0 Å². The highest BCUT2D eigenvalue weighted by Crippen LogP contribution is 2.15. The van der Waals surface area contributed by atoms with Crippen LogP contribution in [0.1, 0.15) is 6.42 Å². The molecular weight excluding hydrogens is 216 g/mol. The molecule has 0 spiro atoms. The summed E-state index contributed by atoms with van der Waals surface area (Å²) in [5, 5.41) is 0. The molecule has 4 N–H and O–H groups in total. The lowest BCUT2D eigenvalue weighted by Crippen LogP contribution is -2.44. The Balaban J connectivity index is 3.88. The van der Waals surface area contributed by atoms with Crippen molar-refractivity contribution in [3.63, 3.8) is 0 Å². The van der Waals surface area contributed by atoms with E-state index in [-0.39, 0.29) is 6.79 Å². The fourth-order valence-corrected chi connectivity index (χ4v) is 2.92.